The quantitative estimate of drug-likeness (QED) is 0.381. The van der Waals surface area contributed by atoms with Crippen LogP contribution in [0.5, 0.6) is 5.75 Å². The lowest BCUT2D eigenvalue weighted by molar-refractivity contribution is 0.269. The average molecular weight is 477 g/mol. The lowest BCUT2D eigenvalue weighted by Crippen LogP contribution is -2.35. The number of fused-ring (bicyclic) bond motifs is 1. The van der Waals surface area contributed by atoms with Crippen LogP contribution in [-0.4, -0.2) is 18.6 Å². The second-order valence-electron chi connectivity index (χ2n) is 7.62. The Morgan fingerprint density at radius 3 is 2.63 bits per heavy atom. The van der Waals surface area contributed by atoms with Gasteiger partial charge in [-0.25, -0.2) is 4.99 Å². The van der Waals surface area contributed by atoms with Gasteiger partial charge in [0.15, 0.2) is 5.96 Å². The van der Waals surface area contributed by atoms with Crippen LogP contribution in [0.15, 0.2) is 53.5 Å². The zero-order valence-electron chi connectivity index (χ0n) is 15.9. The highest BCUT2D eigenvalue weighted by atomic mass is 127. The maximum atomic E-state index is 6.20. The molecule has 4 rings (SSSR count). The number of nitrogens with zero attached hydrogens (tertiary/aromatic N) is 1. The zero-order chi connectivity index (χ0) is 18.1. The number of rotatable bonds is 4. The largest absolute Gasteiger partial charge is 0.493 e. The maximum Gasteiger partial charge on any atom is 0.189 e. The molecule has 1 heterocycles. The molecule has 0 amide bonds. The number of aliphatic imine (C=N–C) groups is 1. The van der Waals surface area contributed by atoms with Crippen LogP contribution in [0, 0.1) is 0 Å². The van der Waals surface area contributed by atoms with Crippen LogP contribution < -0.4 is 15.8 Å². The highest BCUT2D eigenvalue weighted by molar-refractivity contribution is 14.0. The lowest BCUT2D eigenvalue weighted by Gasteiger charge is -2.23. The molecule has 1 aliphatic carbocycles. The van der Waals surface area contributed by atoms with E-state index < -0.39 is 0 Å². The second-order valence-corrected chi connectivity index (χ2v) is 7.62. The molecule has 5 heteroatoms. The number of nitrogens with one attached hydrogen (secondary N) is 1. The van der Waals surface area contributed by atoms with E-state index in [0.29, 0.717) is 30.4 Å². The molecule has 2 aliphatic rings. The van der Waals surface area contributed by atoms with E-state index in [2.05, 4.69) is 49.5 Å². The Bertz CT molecular complexity index is 803. The molecule has 2 aromatic rings. The Hall–Kier alpha value is -1.76. The molecule has 1 fully saturated rings. The van der Waals surface area contributed by atoms with Crippen molar-refractivity contribution in [2.24, 2.45) is 10.7 Å². The van der Waals surface area contributed by atoms with Crippen LogP contribution >= 0.6 is 24.0 Å². The first kappa shape index (κ1) is 20.0. The topological polar surface area (TPSA) is 59.6 Å². The molecular formula is C22H28IN3O. The Kier molecular flexibility index (Phi) is 6.29. The fraction of sp³-hybridized carbons (Fsp3) is 0.409. The van der Waals surface area contributed by atoms with Gasteiger partial charge in [-0.3, -0.25) is 0 Å². The number of ether oxygens (including phenoxy) is 1. The van der Waals surface area contributed by atoms with Crippen molar-refractivity contribution in [3.05, 3.63) is 65.2 Å². The first-order valence-electron chi connectivity index (χ1n) is 9.53. The molecule has 3 N–H and O–H groups in total. The smallest absolute Gasteiger partial charge is 0.189 e. The minimum Gasteiger partial charge on any atom is -0.493 e. The van der Waals surface area contributed by atoms with Crippen molar-refractivity contribution < 1.29 is 4.74 Å². The molecule has 3 atom stereocenters. The van der Waals surface area contributed by atoms with Crippen LogP contribution in [0.2, 0.25) is 0 Å². The van der Waals surface area contributed by atoms with Gasteiger partial charge in [0, 0.05) is 23.9 Å². The maximum absolute atomic E-state index is 6.20. The molecule has 0 radical (unpaired) electrons. The third kappa shape index (κ3) is 4.57. The third-order valence-corrected chi connectivity index (χ3v) is 5.38. The van der Waals surface area contributed by atoms with Crippen LogP contribution in [0.4, 0.5) is 0 Å². The molecule has 4 nitrogen and oxygen atoms in total. The van der Waals surface area contributed by atoms with Gasteiger partial charge >= 0.3 is 0 Å². The summed E-state index contributed by atoms with van der Waals surface area (Å²) in [5, 5.41) is 3.40. The van der Waals surface area contributed by atoms with Crippen molar-refractivity contribution in [3.63, 3.8) is 0 Å². The summed E-state index contributed by atoms with van der Waals surface area (Å²) >= 11 is 0. The number of para-hydroxylation sites is 1. The first-order chi connectivity index (χ1) is 12.6. The van der Waals surface area contributed by atoms with Crippen molar-refractivity contribution >= 4 is 29.9 Å². The summed E-state index contributed by atoms with van der Waals surface area (Å²) in [6.45, 7) is 5.14. The van der Waals surface area contributed by atoms with Crippen molar-refractivity contribution in [2.75, 3.05) is 6.61 Å². The number of halogens is 1. The summed E-state index contributed by atoms with van der Waals surface area (Å²) in [7, 11) is 0. The number of hydrogen-bond donors (Lipinski definition) is 2. The molecule has 1 saturated carbocycles. The number of guanidine groups is 1. The summed E-state index contributed by atoms with van der Waals surface area (Å²) in [5.74, 6) is 2.57. The lowest BCUT2D eigenvalue weighted by atomic mass is 10.0. The highest BCUT2D eigenvalue weighted by Gasteiger charge is 2.38. The minimum atomic E-state index is 0. The average Bonchev–Trinajstić information content (AvgIpc) is 3.41. The molecule has 0 spiro atoms. The molecule has 0 bridgehead atoms. The molecule has 0 aromatic heterocycles. The SMILES string of the molecule is CC(C)c1ccc(C2CC2NC(N)=NC2CCOc3ccccc32)cc1.I. The van der Waals surface area contributed by atoms with E-state index in [4.69, 9.17) is 15.5 Å². The van der Waals surface area contributed by atoms with Crippen molar-refractivity contribution in [1.82, 2.24) is 5.32 Å². The first-order valence-corrected chi connectivity index (χ1v) is 9.53. The van der Waals surface area contributed by atoms with E-state index in [9.17, 15) is 0 Å². The van der Waals surface area contributed by atoms with E-state index in [1.54, 1.807) is 0 Å². The van der Waals surface area contributed by atoms with Gasteiger partial charge < -0.3 is 15.8 Å². The predicted molar refractivity (Wildman–Crippen MR) is 121 cm³/mol. The van der Waals surface area contributed by atoms with Crippen molar-refractivity contribution in [3.8, 4) is 5.75 Å². The van der Waals surface area contributed by atoms with E-state index in [1.165, 1.54) is 11.1 Å². The van der Waals surface area contributed by atoms with E-state index in [-0.39, 0.29) is 30.0 Å². The van der Waals surface area contributed by atoms with Crippen LogP contribution in [0.25, 0.3) is 0 Å². The van der Waals surface area contributed by atoms with Crippen molar-refractivity contribution in [1.29, 1.82) is 0 Å². The van der Waals surface area contributed by atoms with E-state index in [0.717, 1.165) is 24.2 Å². The van der Waals surface area contributed by atoms with Gasteiger partial charge in [0.05, 0.1) is 12.6 Å². The van der Waals surface area contributed by atoms with Gasteiger partial charge in [-0.2, -0.15) is 0 Å². The fourth-order valence-electron chi connectivity index (χ4n) is 3.70. The van der Waals surface area contributed by atoms with Crippen molar-refractivity contribution in [2.45, 2.75) is 50.6 Å². The van der Waals surface area contributed by atoms with E-state index in [1.807, 2.05) is 18.2 Å². The van der Waals surface area contributed by atoms with Crippen LogP contribution in [0.3, 0.4) is 0 Å². The summed E-state index contributed by atoms with van der Waals surface area (Å²) in [6, 6.07) is 17.5. The summed E-state index contributed by atoms with van der Waals surface area (Å²) in [6.07, 6.45) is 1.98. The molecule has 0 saturated heterocycles. The molecular weight excluding hydrogens is 449 g/mol. The van der Waals surface area contributed by atoms with Gasteiger partial charge in [-0.15, -0.1) is 24.0 Å². The Morgan fingerprint density at radius 2 is 1.89 bits per heavy atom. The minimum absolute atomic E-state index is 0. The Balaban J connectivity index is 0.00000210. The van der Waals surface area contributed by atoms with Crippen LogP contribution in [-0.2, 0) is 0 Å². The zero-order valence-corrected chi connectivity index (χ0v) is 18.2. The van der Waals surface area contributed by atoms with E-state index >= 15 is 0 Å². The molecule has 144 valence electrons. The number of hydrogen-bond acceptors (Lipinski definition) is 2. The summed E-state index contributed by atoms with van der Waals surface area (Å²) < 4.78 is 5.70. The normalized spacial score (nSPS) is 23.8. The summed E-state index contributed by atoms with van der Waals surface area (Å²) in [5.41, 5.74) is 10.1. The Morgan fingerprint density at radius 1 is 1.15 bits per heavy atom. The monoisotopic (exact) mass is 477 g/mol. The molecule has 1 aliphatic heterocycles. The van der Waals surface area contributed by atoms with Gasteiger partial charge in [-0.1, -0.05) is 56.3 Å². The highest BCUT2D eigenvalue weighted by Crippen LogP contribution is 2.41. The summed E-state index contributed by atoms with van der Waals surface area (Å²) in [4.78, 5) is 4.73. The second kappa shape index (κ2) is 8.50. The van der Waals surface area contributed by atoms with Gasteiger partial charge in [0.25, 0.3) is 0 Å². The third-order valence-electron chi connectivity index (χ3n) is 5.38. The molecule has 3 unspecified atom stereocenters. The predicted octanol–water partition coefficient (Wildman–Crippen LogP) is 4.71. The molecule has 27 heavy (non-hydrogen) atoms. The van der Waals surface area contributed by atoms with Crippen LogP contribution in [0.1, 0.15) is 61.3 Å². The van der Waals surface area contributed by atoms with Gasteiger partial charge in [0.1, 0.15) is 5.75 Å². The standard InChI is InChI=1S/C22H27N3O.HI/c1-14(2)15-7-9-16(10-8-15)18-13-20(18)25-22(23)24-19-11-12-26-21-6-4-3-5-17(19)21;/h3-10,14,18-20H,11-13H2,1-2H3,(H3,23,24,25);1H. The number of nitrogens with two attached hydrogens (primary N) is 1. The number of benzene rings is 2. The fourth-order valence-corrected chi connectivity index (χ4v) is 3.70. The Labute approximate surface area is 178 Å². The van der Waals surface area contributed by atoms with Gasteiger partial charge in [-0.05, 0) is 29.5 Å². The molecule has 2 aromatic carbocycles. The van der Waals surface area contributed by atoms with Gasteiger partial charge in [0.2, 0.25) is 0 Å².